The summed E-state index contributed by atoms with van der Waals surface area (Å²) in [4.78, 5) is 22.5. The SMILES string of the molecule is O=C1CC2(CCNCC2)Sc2sc([N+](=O)[O-])cc21. The van der Waals surface area contributed by atoms with Crippen molar-refractivity contribution in [2.75, 3.05) is 13.1 Å². The number of thiophene rings is 1. The number of thioether (sulfide) groups is 1. The molecular weight excluding hydrogens is 272 g/mol. The van der Waals surface area contributed by atoms with Crippen LogP contribution < -0.4 is 5.32 Å². The zero-order chi connectivity index (χ0) is 12.8. The van der Waals surface area contributed by atoms with E-state index in [1.54, 1.807) is 11.8 Å². The molecule has 5 nitrogen and oxygen atoms in total. The molecule has 0 aromatic carbocycles. The second-order valence-electron chi connectivity index (χ2n) is 4.68. The first-order chi connectivity index (χ1) is 8.60. The number of piperidine rings is 1. The third-order valence-electron chi connectivity index (χ3n) is 3.47. The molecule has 2 aliphatic heterocycles. The fourth-order valence-electron chi connectivity index (χ4n) is 2.50. The van der Waals surface area contributed by atoms with E-state index in [0.717, 1.165) is 41.5 Å². The van der Waals surface area contributed by atoms with Gasteiger partial charge in [-0.1, -0.05) is 11.3 Å². The lowest BCUT2D eigenvalue weighted by atomic mass is 9.89. The van der Waals surface area contributed by atoms with Gasteiger partial charge < -0.3 is 5.32 Å². The van der Waals surface area contributed by atoms with Crippen LogP contribution in [0.25, 0.3) is 0 Å². The van der Waals surface area contributed by atoms with Gasteiger partial charge in [0.1, 0.15) is 0 Å². The molecule has 7 heteroatoms. The summed E-state index contributed by atoms with van der Waals surface area (Å²) in [6, 6.07) is 1.43. The van der Waals surface area contributed by atoms with Crippen molar-refractivity contribution in [3.05, 3.63) is 21.7 Å². The maximum Gasteiger partial charge on any atom is 0.325 e. The third-order valence-corrected chi connectivity index (χ3v) is 6.24. The summed E-state index contributed by atoms with van der Waals surface area (Å²) in [5, 5.41) is 14.1. The van der Waals surface area contributed by atoms with Crippen LogP contribution in [0.2, 0.25) is 0 Å². The second kappa shape index (κ2) is 4.32. The normalized spacial score (nSPS) is 21.9. The predicted octanol–water partition coefficient (Wildman–Crippen LogP) is 2.46. The molecule has 1 aromatic heterocycles. The first kappa shape index (κ1) is 12.1. The highest BCUT2D eigenvalue weighted by molar-refractivity contribution is 8.02. The number of carbonyl (C=O) groups excluding carboxylic acids is 1. The summed E-state index contributed by atoms with van der Waals surface area (Å²) in [6.45, 7) is 1.84. The quantitative estimate of drug-likeness (QED) is 0.633. The second-order valence-corrected chi connectivity index (χ2v) is 7.45. The lowest BCUT2D eigenvalue weighted by Crippen LogP contribution is -2.42. The van der Waals surface area contributed by atoms with Crippen molar-refractivity contribution >= 4 is 33.9 Å². The van der Waals surface area contributed by atoms with Crippen LogP contribution in [0.1, 0.15) is 29.6 Å². The van der Waals surface area contributed by atoms with E-state index < -0.39 is 4.92 Å². The Hall–Kier alpha value is -0.920. The van der Waals surface area contributed by atoms with Crippen molar-refractivity contribution in [2.24, 2.45) is 0 Å². The topological polar surface area (TPSA) is 72.2 Å². The van der Waals surface area contributed by atoms with Gasteiger partial charge in [-0.25, -0.2) is 0 Å². The van der Waals surface area contributed by atoms with Crippen molar-refractivity contribution in [3.8, 4) is 0 Å². The van der Waals surface area contributed by atoms with E-state index in [2.05, 4.69) is 5.32 Å². The lowest BCUT2D eigenvalue weighted by Gasteiger charge is -2.38. The van der Waals surface area contributed by atoms with Gasteiger partial charge in [-0.05, 0) is 25.9 Å². The van der Waals surface area contributed by atoms with Crippen molar-refractivity contribution in [2.45, 2.75) is 28.2 Å². The van der Waals surface area contributed by atoms with Crippen molar-refractivity contribution in [1.29, 1.82) is 0 Å². The number of nitrogens with zero attached hydrogens (tertiary/aromatic N) is 1. The molecular formula is C11H12N2O3S2. The zero-order valence-corrected chi connectivity index (χ0v) is 11.2. The minimum atomic E-state index is -0.411. The van der Waals surface area contributed by atoms with E-state index in [9.17, 15) is 14.9 Å². The van der Waals surface area contributed by atoms with Crippen LogP contribution in [0.15, 0.2) is 10.3 Å². The molecule has 1 saturated heterocycles. The average Bonchev–Trinajstić information content (AvgIpc) is 2.74. The van der Waals surface area contributed by atoms with E-state index in [1.807, 2.05) is 0 Å². The fourth-order valence-corrected chi connectivity index (χ4v) is 5.47. The molecule has 0 radical (unpaired) electrons. The van der Waals surface area contributed by atoms with E-state index in [-0.39, 0.29) is 15.5 Å². The molecule has 1 spiro atoms. The van der Waals surface area contributed by atoms with Gasteiger partial charge in [0.15, 0.2) is 5.78 Å². The smallest absolute Gasteiger partial charge is 0.317 e. The number of rotatable bonds is 1. The summed E-state index contributed by atoms with van der Waals surface area (Å²) in [5.74, 6) is 0.0648. The Kier molecular flexibility index (Phi) is 2.91. The van der Waals surface area contributed by atoms with Crippen molar-refractivity contribution in [3.63, 3.8) is 0 Å². The Morgan fingerprint density at radius 2 is 2.11 bits per heavy atom. The summed E-state index contributed by atoms with van der Waals surface area (Å²) in [6.07, 6.45) is 2.42. The van der Waals surface area contributed by atoms with Gasteiger partial charge in [0.25, 0.3) is 0 Å². The first-order valence-electron chi connectivity index (χ1n) is 5.81. The number of nitro groups is 1. The summed E-state index contributed by atoms with van der Waals surface area (Å²) >= 11 is 2.81. The molecule has 0 aliphatic carbocycles. The van der Waals surface area contributed by atoms with Crippen molar-refractivity contribution in [1.82, 2.24) is 5.32 Å². The van der Waals surface area contributed by atoms with Gasteiger partial charge in [0.05, 0.1) is 9.13 Å². The molecule has 0 atom stereocenters. The highest BCUT2D eigenvalue weighted by Gasteiger charge is 2.42. The average molecular weight is 284 g/mol. The summed E-state index contributed by atoms with van der Waals surface area (Å²) in [5.41, 5.74) is 0.556. The van der Waals surface area contributed by atoms with E-state index >= 15 is 0 Å². The Morgan fingerprint density at radius 3 is 2.78 bits per heavy atom. The van der Waals surface area contributed by atoms with Crippen LogP contribution in [0.4, 0.5) is 5.00 Å². The molecule has 96 valence electrons. The lowest BCUT2D eigenvalue weighted by molar-refractivity contribution is -0.380. The molecule has 1 fully saturated rings. The zero-order valence-electron chi connectivity index (χ0n) is 9.60. The molecule has 1 aromatic rings. The maximum absolute atomic E-state index is 12.1. The maximum atomic E-state index is 12.1. The molecule has 0 saturated carbocycles. The van der Waals surface area contributed by atoms with Gasteiger partial charge in [0.2, 0.25) is 0 Å². The van der Waals surface area contributed by atoms with Gasteiger partial charge in [-0.15, -0.1) is 11.8 Å². The third kappa shape index (κ3) is 1.96. The largest absolute Gasteiger partial charge is 0.325 e. The Labute approximate surface area is 112 Å². The number of hydrogen-bond donors (Lipinski definition) is 1. The highest BCUT2D eigenvalue weighted by Crippen LogP contribution is 2.52. The van der Waals surface area contributed by atoms with Gasteiger partial charge in [0, 0.05) is 22.8 Å². The first-order valence-corrected chi connectivity index (χ1v) is 7.44. The van der Waals surface area contributed by atoms with Crippen LogP contribution >= 0.6 is 23.1 Å². The van der Waals surface area contributed by atoms with Gasteiger partial charge in [-0.2, -0.15) is 0 Å². The van der Waals surface area contributed by atoms with Crippen LogP contribution in [0.3, 0.4) is 0 Å². The molecule has 0 amide bonds. The minimum Gasteiger partial charge on any atom is -0.317 e. The Balaban J connectivity index is 1.96. The molecule has 18 heavy (non-hydrogen) atoms. The van der Waals surface area contributed by atoms with Gasteiger partial charge >= 0.3 is 5.00 Å². The number of carbonyl (C=O) groups is 1. The van der Waals surface area contributed by atoms with Gasteiger partial charge in [-0.3, -0.25) is 14.9 Å². The molecule has 0 bridgehead atoms. The van der Waals surface area contributed by atoms with Crippen LogP contribution in [0.5, 0.6) is 0 Å². The standard InChI is InChI=1S/C11H12N2O3S2/c14-8-6-11(1-3-12-4-2-11)18-10-7(8)5-9(17-10)13(15)16/h5,12H,1-4,6H2. The van der Waals surface area contributed by atoms with E-state index in [4.69, 9.17) is 0 Å². The number of hydrogen-bond acceptors (Lipinski definition) is 6. The number of nitrogens with one attached hydrogen (secondary N) is 1. The number of ketones is 1. The summed E-state index contributed by atoms with van der Waals surface area (Å²) < 4.78 is 0.800. The molecule has 1 N–H and O–H groups in total. The molecule has 3 heterocycles. The highest BCUT2D eigenvalue weighted by atomic mass is 32.2. The molecule has 3 rings (SSSR count). The fraction of sp³-hybridized carbons (Fsp3) is 0.545. The van der Waals surface area contributed by atoms with E-state index in [0.29, 0.717) is 12.0 Å². The number of fused-ring (bicyclic) bond motifs is 1. The van der Waals surface area contributed by atoms with Crippen LogP contribution in [0, 0.1) is 10.1 Å². The number of Topliss-reactive ketones (excluding diaryl/α,β-unsaturated/α-hetero) is 1. The molecule has 2 aliphatic rings. The molecule has 0 unspecified atom stereocenters. The van der Waals surface area contributed by atoms with Crippen LogP contribution in [-0.2, 0) is 0 Å². The Morgan fingerprint density at radius 1 is 1.39 bits per heavy atom. The van der Waals surface area contributed by atoms with Crippen LogP contribution in [-0.4, -0.2) is 28.5 Å². The minimum absolute atomic E-state index is 0.0337. The monoisotopic (exact) mass is 284 g/mol. The van der Waals surface area contributed by atoms with Crippen molar-refractivity contribution < 1.29 is 9.72 Å². The predicted molar refractivity (Wildman–Crippen MR) is 70.6 cm³/mol. The van der Waals surface area contributed by atoms with E-state index in [1.165, 1.54) is 6.07 Å². The summed E-state index contributed by atoms with van der Waals surface area (Å²) in [7, 11) is 0. The Bertz CT molecular complexity index is 520.